The van der Waals surface area contributed by atoms with Gasteiger partial charge in [-0.2, -0.15) is 0 Å². The molecule has 0 saturated carbocycles. The maximum Gasteiger partial charge on any atom is 0.516 e. The van der Waals surface area contributed by atoms with Crippen LogP contribution < -0.4 is 4.74 Å². The highest BCUT2D eigenvalue weighted by molar-refractivity contribution is 5.72. The standard InChI is InChI=1S/C15H19FO5/c1-9(2)13(17)20-14(10(3)4)21-15(18)19-12-7-5-11(16)6-8-12/h5-10,14H,1-4H3/t14-/m0/s1. The van der Waals surface area contributed by atoms with Crippen molar-refractivity contribution >= 4 is 12.1 Å². The summed E-state index contributed by atoms with van der Waals surface area (Å²) >= 11 is 0. The largest absolute Gasteiger partial charge is 0.516 e. The van der Waals surface area contributed by atoms with E-state index in [1.54, 1.807) is 27.7 Å². The van der Waals surface area contributed by atoms with E-state index in [2.05, 4.69) is 0 Å². The molecule has 0 saturated heterocycles. The van der Waals surface area contributed by atoms with Gasteiger partial charge < -0.3 is 14.2 Å². The van der Waals surface area contributed by atoms with Crippen molar-refractivity contribution in [2.75, 3.05) is 0 Å². The quantitative estimate of drug-likeness (QED) is 0.473. The zero-order valence-corrected chi connectivity index (χ0v) is 12.5. The van der Waals surface area contributed by atoms with Gasteiger partial charge in [-0.05, 0) is 24.3 Å². The Kier molecular flexibility index (Phi) is 6.14. The van der Waals surface area contributed by atoms with Crippen LogP contribution in [0.3, 0.4) is 0 Å². The number of rotatable bonds is 5. The molecule has 0 fully saturated rings. The summed E-state index contributed by atoms with van der Waals surface area (Å²) in [5.74, 6) is -1.33. The van der Waals surface area contributed by atoms with Gasteiger partial charge in [0.2, 0.25) is 0 Å². The monoisotopic (exact) mass is 298 g/mol. The number of benzene rings is 1. The van der Waals surface area contributed by atoms with Crippen LogP contribution in [-0.2, 0) is 14.3 Å². The van der Waals surface area contributed by atoms with Crippen molar-refractivity contribution < 1.29 is 28.2 Å². The van der Waals surface area contributed by atoms with Crippen LogP contribution in [0.5, 0.6) is 5.75 Å². The van der Waals surface area contributed by atoms with Gasteiger partial charge in [0, 0.05) is 5.92 Å². The zero-order chi connectivity index (χ0) is 16.0. The second kappa shape index (κ2) is 7.61. The number of ether oxygens (including phenoxy) is 3. The third kappa shape index (κ3) is 5.81. The average Bonchev–Trinajstić information content (AvgIpc) is 2.40. The Bertz CT molecular complexity index is 481. The number of hydrogen-bond acceptors (Lipinski definition) is 5. The Balaban J connectivity index is 2.60. The summed E-state index contributed by atoms with van der Waals surface area (Å²) in [6.07, 6.45) is -2.05. The number of carbonyl (C=O) groups excluding carboxylic acids is 2. The van der Waals surface area contributed by atoms with Gasteiger partial charge in [0.25, 0.3) is 6.29 Å². The van der Waals surface area contributed by atoms with E-state index in [-0.39, 0.29) is 17.6 Å². The summed E-state index contributed by atoms with van der Waals surface area (Å²) in [7, 11) is 0. The molecule has 0 unspecified atom stereocenters. The molecular weight excluding hydrogens is 279 g/mol. The lowest BCUT2D eigenvalue weighted by molar-refractivity contribution is -0.180. The smallest absolute Gasteiger partial charge is 0.425 e. The molecule has 5 nitrogen and oxygen atoms in total. The normalized spacial score (nSPS) is 12.1. The molecule has 1 aromatic carbocycles. The van der Waals surface area contributed by atoms with Crippen LogP contribution >= 0.6 is 0 Å². The molecular formula is C15H19FO5. The van der Waals surface area contributed by atoms with Crippen molar-refractivity contribution in [2.45, 2.75) is 34.0 Å². The molecule has 0 amide bonds. The number of hydrogen-bond donors (Lipinski definition) is 0. The lowest BCUT2D eigenvalue weighted by atomic mass is 10.2. The van der Waals surface area contributed by atoms with Crippen molar-refractivity contribution in [3.05, 3.63) is 30.1 Å². The lowest BCUT2D eigenvalue weighted by Crippen LogP contribution is -2.32. The minimum Gasteiger partial charge on any atom is -0.425 e. The van der Waals surface area contributed by atoms with Crippen molar-refractivity contribution in [3.63, 3.8) is 0 Å². The van der Waals surface area contributed by atoms with E-state index >= 15 is 0 Å². The molecule has 0 bridgehead atoms. The predicted molar refractivity (Wildman–Crippen MR) is 73.1 cm³/mol. The Morgan fingerprint density at radius 1 is 1.00 bits per heavy atom. The van der Waals surface area contributed by atoms with Crippen LogP contribution in [0.15, 0.2) is 24.3 Å². The van der Waals surface area contributed by atoms with Crippen LogP contribution in [0.2, 0.25) is 0 Å². The van der Waals surface area contributed by atoms with E-state index in [0.29, 0.717) is 0 Å². The Labute approximate surface area is 123 Å². The van der Waals surface area contributed by atoms with Crippen molar-refractivity contribution in [1.29, 1.82) is 0 Å². The molecule has 0 radical (unpaired) electrons. The van der Waals surface area contributed by atoms with E-state index in [0.717, 1.165) is 12.1 Å². The van der Waals surface area contributed by atoms with E-state index in [1.165, 1.54) is 12.1 Å². The molecule has 116 valence electrons. The van der Waals surface area contributed by atoms with Gasteiger partial charge in [-0.3, -0.25) is 4.79 Å². The van der Waals surface area contributed by atoms with Gasteiger partial charge in [-0.25, -0.2) is 9.18 Å². The van der Waals surface area contributed by atoms with Crippen LogP contribution in [0.25, 0.3) is 0 Å². The first-order valence-electron chi connectivity index (χ1n) is 6.64. The van der Waals surface area contributed by atoms with Crippen LogP contribution in [-0.4, -0.2) is 18.4 Å². The Hall–Kier alpha value is -2.11. The van der Waals surface area contributed by atoms with Gasteiger partial charge in [-0.1, -0.05) is 27.7 Å². The molecule has 21 heavy (non-hydrogen) atoms. The van der Waals surface area contributed by atoms with E-state index in [4.69, 9.17) is 14.2 Å². The van der Waals surface area contributed by atoms with Crippen LogP contribution in [0.4, 0.5) is 9.18 Å². The Morgan fingerprint density at radius 2 is 1.57 bits per heavy atom. The molecule has 0 aliphatic carbocycles. The highest BCUT2D eigenvalue weighted by Gasteiger charge is 2.25. The molecule has 0 N–H and O–H groups in total. The summed E-state index contributed by atoms with van der Waals surface area (Å²) in [6, 6.07) is 4.89. The fraction of sp³-hybridized carbons (Fsp3) is 0.467. The first-order chi connectivity index (χ1) is 9.79. The van der Waals surface area contributed by atoms with Crippen molar-refractivity contribution in [3.8, 4) is 5.75 Å². The molecule has 0 aromatic heterocycles. The van der Waals surface area contributed by atoms with Crippen LogP contribution in [0.1, 0.15) is 27.7 Å². The van der Waals surface area contributed by atoms with Crippen LogP contribution in [0, 0.1) is 17.7 Å². The summed E-state index contributed by atoms with van der Waals surface area (Å²) in [4.78, 5) is 23.2. The third-order valence-corrected chi connectivity index (χ3v) is 2.48. The van der Waals surface area contributed by atoms with E-state index < -0.39 is 24.2 Å². The summed E-state index contributed by atoms with van der Waals surface area (Å²) in [5.41, 5.74) is 0. The molecule has 1 rings (SSSR count). The summed E-state index contributed by atoms with van der Waals surface area (Å²) < 4.78 is 27.7. The fourth-order valence-electron chi connectivity index (χ4n) is 1.26. The van der Waals surface area contributed by atoms with Gasteiger partial charge in [-0.15, -0.1) is 0 Å². The SMILES string of the molecule is CC(C)C(=O)O[C@@H](OC(=O)Oc1ccc(F)cc1)C(C)C. The van der Waals surface area contributed by atoms with Crippen molar-refractivity contribution in [2.24, 2.45) is 11.8 Å². The molecule has 0 heterocycles. The first-order valence-corrected chi connectivity index (χ1v) is 6.64. The first kappa shape index (κ1) is 16.9. The second-order valence-corrected chi connectivity index (χ2v) is 5.13. The zero-order valence-electron chi connectivity index (χ0n) is 12.5. The summed E-state index contributed by atoms with van der Waals surface area (Å²) in [5, 5.41) is 0. The third-order valence-electron chi connectivity index (χ3n) is 2.48. The maximum absolute atomic E-state index is 12.7. The average molecular weight is 298 g/mol. The molecule has 1 atom stereocenters. The molecule has 0 aliphatic rings. The van der Waals surface area contributed by atoms with Gasteiger partial charge in [0.05, 0.1) is 5.92 Å². The molecule has 0 aliphatic heterocycles. The minimum absolute atomic E-state index is 0.138. The minimum atomic E-state index is -1.03. The highest BCUT2D eigenvalue weighted by atomic mass is 19.1. The lowest BCUT2D eigenvalue weighted by Gasteiger charge is -2.21. The fourth-order valence-corrected chi connectivity index (χ4v) is 1.26. The highest BCUT2D eigenvalue weighted by Crippen LogP contribution is 2.15. The number of halogens is 1. The molecule has 6 heteroatoms. The molecule has 0 spiro atoms. The van der Waals surface area contributed by atoms with Gasteiger partial charge in [0.1, 0.15) is 11.6 Å². The molecule has 1 aromatic rings. The van der Waals surface area contributed by atoms with E-state index in [1.807, 2.05) is 0 Å². The topological polar surface area (TPSA) is 61.8 Å². The number of esters is 1. The number of carbonyl (C=O) groups is 2. The van der Waals surface area contributed by atoms with Gasteiger partial charge >= 0.3 is 12.1 Å². The predicted octanol–water partition coefficient (Wildman–Crippen LogP) is 3.52. The Morgan fingerprint density at radius 3 is 2.05 bits per heavy atom. The maximum atomic E-state index is 12.7. The van der Waals surface area contributed by atoms with Crippen molar-refractivity contribution in [1.82, 2.24) is 0 Å². The van der Waals surface area contributed by atoms with E-state index in [9.17, 15) is 14.0 Å². The summed E-state index contributed by atoms with van der Waals surface area (Å²) in [6.45, 7) is 6.83. The second-order valence-electron chi connectivity index (χ2n) is 5.13. The van der Waals surface area contributed by atoms with Gasteiger partial charge in [0.15, 0.2) is 0 Å².